The molecule has 0 bridgehead atoms. The van der Waals surface area contributed by atoms with Crippen LogP contribution in [0.15, 0.2) is 35.2 Å². The van der Waals surface area contributed by atoms with Crippen LogP contribution in [0.1, 0.15) is 13.8 Å². The summed E-state index contributed by atoms with van der Waals surface area (Å²) >= 11 is 0. The Kier molecular flexibility index (Phi) is 5.79. The van der Waals surface area contributed by atoms with E-state index in [2.05, 4.69) is 23.6 Å². The number of nitrogens with zero attached hydrogens (tertiary/aromatic N) is 2. The van der Waals surface area contributed by atoms with Crippen LogP contribution in [-0.2, 0) is 9.84 Å². The molecule has 0 aliphatic carbocycles. The average Bonchev–Trinajstić information content (AvgIpc) is 2.47. The Morgan fingerprint density at radius 3 is 2.14 bits per heavy atom. The van der Waals surface area contributed by atoms with E-state index < -0.39 is 9.84 Å². The summed E-state index contributed by atoms with van der Waals surface area (Å²) in [5, 5.41) is 0. The van der Waals surface area contributed by atoms with E-state index in [-0.39, 0.29) is 5.75 Å². The van der Waals surface area contributed by atoms with E-state index in [4.69, 9.17) is 0 Å². The largest absolute Gasteiger partial charge is 0.301 e. The second kappa shape index (κ2) is 7.38. The highest BCUT2D eigenvalue weighted by molar-refractivity contribution is 7.91. The quantitative estimate of drug-likeness (QED) is 0.802. The molecule has 5 heteroatoms. The topological polar surface area (TPSA) is 40.6 Å². The van der Waals surface area contributed by atoms with Crippen molar-refractivity contribution in [1.82, 2.24) is 9.80 Å². The van der Waals surface area contributed by atoms with Crippen molar-refractivity contribution in [3.05, 3.63) is 30.3 Å². The molecule has 0 aromatic heterocycles. The van der Waals surface area contributed by atoms with Crippen molar-refractivity contribution in [2.75, 3.05) is 45.0 Å². The van der Waals surface area contributed by atoms with Gasteiger partial charge in [0.15, 0.2) is 9.84 Å². The third-order valence-electron chi connectivity index (χ3n) is 3.87. The van der Waals surface area contributed by atoms with Crippen molar-refractivity contribution >= 4 is 9.84 Å². The predicted octanol–water partition coefficient (Wildman–Crippen LogP) is 1.73. The van der Waals surface area contributed by atoms with Crippen molar-refractivity contribution in [2.45, 2.75) is 18.7 Å². The molecule has 0 amide bonds. The predicted molar refractivity (Wildman–Crippen MR) is 86.2 cm³/mol. The molecule has 0 radical (unpaired) electrons. The molecule has 0 unspecified atom stereocenters. The summed E-state index contributed by atoms with van der Waals surface area (Å²) in [5.74, 6) is 0.899. The van der Waals surface area contributed by atoms with Crippen molar-refractivity contribution in [2.24, 2.45) is 5.92 Å². The monoisotopic (exact) mass is 310 g/mol. The van der Waals surface area contributed by atoms with Gasteiger partial charge in [-0.05, 0) is 18.1 Å². The fraction of sp³-hybridized carbons (Fsp3) is 0.625. The Morgan fingerprint density at radius 2 is 1.57 bits per heavy atom. The normalized spacial score (nSPS) is 18.2. The maximum atomic E-state index is 12.2. The standard InChI is InChI=1S/C16H26N2O2S/c1-15(2)14-18-10-8-17(9-11-18)12-13-21(19,20)16-6-4-3-5-7-16/h3-7,15H,8-14H2,1-2H3. The maximum absolute atomic E-state index is 12.2. The van der Waals surface area contributed by atoms with Crippen LogP contribution in [0.2, 0.25) is 0 Å². The Balaban J connectivity index is 1.80. The summed E-state index contributed by atoms with van der Waals surface area (Å²) in [7, 11) is -3.15. The third-order valence-corrected chi connectivity index (χ3v) is 5.58. The zero-order valence-electron chi connectivity index (χ0n) is 13.0. The second-order valence-corrected chi connectivity index (χ2v) is 8.28. The fourth-order valence-corrected chi connectivity index (χ4v) is 4.01. The van der Waals surface area contributed by atoms with Crippen LogP contribution in [0.5, 0.6) is 0 Å². The van der Waals surface area contributed by atoms with Gasteiger partial charge in [-0.2, -0.15) is 0 Å². The van der Waals surface area contributed by atoms with Crippen LogP contribution >= 0.6 is 0 Å². The molecule has 1 aromatic carbocycles. The summed E-state index contributed by atoms with van der Waals surface area (Å²) in [4.78, 5) is 5.16. The lowest BCUT2D eigenvalue weighted by atomic mass is 10.2. The van der Waals surface area contributed by atoms with E-state index in [9.17, 15) is 8.42 Å². The van der Waals surface area contributed by atoms with Crippen molar-refractivity contribution in [3.63, 3.8) is 0 Å². The maximum Gasteiger partial charge on any atom is 0.179 e. The third kappa shape index (κ3) is 5.09. The molecule has 0 saturated carbocycles. The molecular formula is C16H26N2O2S. The Hall–Kier alpha value is -0.910. The van der Waals surface area contributed by atoms with Gasteiger partial charge in [-0.1, -0.05) is 32.0 Å². The second-order valence-electron chi connectivity index (χ2n) is 6.17. The molecule has 0 N–H and O–H groups in total. The van der Waals surface area contributed by atoms with Gasteiger partial charge >= 0.3 is 0 Å². The summed E-state index contributed by atoms with van der Waals surface area (Å²) in [6.45, 7) is 10.3. The van der Waals surface area contributed by atoms with Crippen LogP contribution in [0, 0.1) is 5.92 Å². The molecule has 1 saturated heterocycles. The smallest absolute Gasteiger partial charge is 0.179 e. The number of rotatable bonds is 6. The van der Waals surface area contributed by atoms with Crippen molar-refractivity contribution in [1.29, 1.82) is 0 Å². The van der Waals surface area contributed by atoms with Crippen LogP contribution in [-0.4, -0.2) is 63.2 Å². The Bertz CT molecular complexity index is 520. The van der Waals surface area contributed by atoms with Gasteiger partial charge in [0.1, 0.15) is 0 Å². The highest BCUT2D eigenvalue weighted by Gasteiger charge is 2.20. The lowest BCUT2D eigenvalue weighted by Crippen LogP contribution is -2.48. The van der Waals surface area contributed by atoms with E-state index in [1.165, 1.54) is 0 Å². The minimum absolute atomic E-state index is 0.210. The number of benzene rings is 1. The highest BCUT2D eigenvalue weighted by atomic mass is 32.2. The van der Waals surface area contributed by atoms with Crippen LogP contribution in [0.25, 0.3) is 0 Å². The van der Waals surface area contributed by atoms with E-state index in [0.29, 0.717) is 17.4 Å². The molecule has 2 rings (SSSR count). The summed E-state index contributed by atoms with van der Waals surface area (Å²) in [5.41, 5.74) is 0. The van der Waals surface area contributed by atoms with E-state index in [1.807, 2.05) is 6.07 Å². The number of sulfone groups is 1. The molecular weight excluding hydrogens is 284 g/mol. The summed E-state index contributed by atoms with van der Waals surface area (Å²) in [6, 6.07) is 8.74. The zero-order valence-corrected chi connectivity index (χ0v) is 13.8. The number of hydrogen-bond acceptors (Lipinski definition) is 4. The first-order valence-electron chi connectivity index (χ1n) is 7.70. The first-order valence-corrected chi connectivity index (χ1v) is 9.35. The van der Waals surface area contributed by atoms with Crippen molar-refractivity contribution in [3.8, 4) is 0 Å². The molecule has 0 spiro atoms. The van der Waals surface area contributed by atoms with Crippen LogP contribution in [0.3, 0.4) is 0 Å². The first kappa shape index (κ1) is 16.5. The molecule has 4 nitrogen and oxygen atoms in total. The number of hydrogen-bond donors (Lipinski definition) is 0. The van der Waals surface area contributed by atoms with Gasteiger partial charge in [0.2, 0.25) is 0 Å². The molecule has 0 atom stereocenters. The van der Waals surface area contributed by atoms with E-state index >= 15 is 0 Å². The van der Waals surface area contributed by atoms with Gasteiger partial charge in [-0.15, -0.1) is 0 Å². The minimum Gasteiger partial charge on any atom is -0.301 e. The van der Waals surface area contributed by atoms with Gasteiger partial charge in [0.25, 0.3) is 0 Å². The first-order chi connectivity index (χ1) is 9.97. The summed E-state index contributed by atoms with van der Waals surface area (Å²) < 4.78 is 24.5. The van der Waals surface area contributed by atoms with Crippen LogP contribution < -0.4 is 0 Å². The highest BCUT2D eigenvalue weighted by Crippen LogP contribution is 2.11. The molecule has 1 heterocycles. The van der Waals surface area contributed by atoms with Crippen molar-refractivity contribution < 1.29 is 8.42 Å². The van der Waals surface area contributed by atoms with Gasteiger partial charge < -0.3 is 4.90 Å². The lowest BCUT2D eigenvalue weighted by Gasteiger charge is -2.35. The molecule has 21 heavy (non-hydrogen) atoms. The van der Waals surface area contributed by atoms with E-state index in [1.54, 1.807) is 24.3 Å². The zero-order chi connectivity index (χ0) is 15.3. The Labute approximate surface area is 128 Å². The Morgan fingerprint density at radius 1 is 1.00 bits per heavy atom. The fourth-order valence-electron chi connectivity index (χ4n) is 2.71. The SMILES string of the molecule is CC(C)CN1CCN(CCS(=O)(=O)c2ccccc2)CC1. The molecule has 1 fully saturated rings. The summed E-state index contributed by atoms with van der Waals surface area (Å²) in [6.07, 6.45) is 0. The molecule has 118 valence electrons. The van der Waals surface area contributed by atoms with Gasteiger partial charge in [0, 0.05) is 39.3 Å². The average molecular weight is 310 g/mol. The lowest BCUT2D eigenvalue weighted by molar-refractivity contribution is 0.127. The van der Waals surface area contributed by atoms with E-state index in [0.717, 1.165) is 32.7 Å². The molecule has 1 aliphatic rings. The molecule has 1 aliphatic heterocycles. The number of piperazine rings is 1. The van der Waals surface area contributed by atoms with Gasteiger partial charge in [-0.3, -0.25) is 4.90 Å². The van der Waals surface area contributed by atoms with Crippen LogP contribution in [0.4, 0.5) is 0 Å². The van der Waals surface area contributed by atoms with Gasteiger partial charge in [-0.25, -0.2) is 8.42 Å². The van der Waals surface area contributed by atoms with Gasteiger partial charge in [0.05, 0.1) is 10.6 Å². The minimum atomic E-state index is -3.15. The molecule has 1 aromatic rings.